The number of benzene rings is 2. The van der Waals surface area contributed by atoms with Crippen molar-refractivity contribution in [1.82, 2.24) is 19.1 Å². The lowest BCUT2D eigenvalue weighted by Crippen LogP contribution is -2.24. The molecule has 27 heavy (non-hydrogen) atoms. The third-order valence-electron chi connectivity index (χ3n) is 4.60. The zero-order valence-electron chi connectivity index (χ0n) is 15.0. The van der Waals surface area contributed by atoms with Gasteiger partial charge in [-0.3, -0.25) is 9.36 Å². The Labute approximate surface area is 161 Å². The summed E-state index contributed by atoms with van der Waals surface area (Å²) in [6.45, 7) is 0. The van der Waals surface area contributed by atoms with Crippen LogP contribution in [0.25, 0.3) is 16.9 Å². The minimum Gasteiger partial charge on any atom is -0.318 e. The molecule has 4 rings (SSSR count). The second kappa shape index (κ2) is 7.37. The second-order valence-corrected chi connectivity index (χ2v) is 6.95. The molecule has 0 aliphatic heterocycles. The molecule has 0 saturated heterocycles. The highest BCUT2D eigenvalue weighted by Crippen LogP contribution is 2.17. The lowest BCUT2D eigenvalue weighted by Gasteiger charge is -2.13. The monoisotopic (exact) mass is 378 g/mol. The first-order valence-corrected chi connectivity index (χ1v) is 9.24. The summed E-state index contributed by atoms with van der Waals surface area (Å²) in [4.78, 5) is 22.1. The van der Waals surface area contributed by atoms with E-state index in [4.69, 9.17) is 16.6 Å². The highest BCUT2D eigenvalue weighted by molar-refractivity contribution is 6.30. The normalized spacial score (nSPS) is 11.2. The van der Waals surface area contributed by atoms with Gasteiger partial charge in [-0.15, -0.1) is 0 Å². The number of hydrogen-bond acceptors (Lipinski definition) is 3. The van der Waals surface area contributed by atoms with Gasteiger partial charge in [-0.1, -0.05) is 41.9 Å². The molecule has 4 aromatic rings. The van der Waals surface area contributed by atoms with E-state index < -0.39 is 0 Å². The van der Waals surface area contributed by atoms with E-state index in [9.17, 15) is 4.79 Å². The Morgan fingerprint density at radius 1 is 1.00 bits per heavy atom. The van der Waals surface area contributed by atoms with Crippen LogP contribution in [-0.4, -0.2) is 19.1 Å². The van der Waals surface area contributed by atoms with Gasteiger partial charge in [-0.05, 0) is 42.7 Å². The third kappa shape index (κ3) is 3.51. The summed E-state index contributed by atoms with van der Waals surface area (Å²) in [5, 5.41) is 0.629. The van der Waals surface area contributed by atoms with Crippen LogP contribution < -0.4 is 5.56 Å². The summed E-state index contributed by atoms with van der Waals surface area (Å²) in [7, 11) is 1.85. The van der Waals surface area contributed by atoms with Gasteiger partial charge in [0.15, 0.2) is 11.2 Å². The van der Waals surface area contributed by atoms with Crippen LogP contribution in [0.1, 0.15) is 17.8 Å². The van der Waals surface area contributed by atoms with Crippen LogP contribution in [0, 0.1) is 0 Å². The minimum absolute atomic E-state index is 0.155. The van der Waals surface area contributed by atoms with Gasteiger partial charge >= 0.3 is 0 Å². The van der Waals surface area contributed by atoms with Crippen LogP contribution in [0.15, 0.2) is 65.7 Å². The number of fused-ring (bicyclic) bond motifs is 1. The van der Waals surface area contributed by atoms with Gasteiger partial charge in [0, 0.05) is 18.5 Å². The predicted molar refractivity (Wildman–Crippen MR) is 108 cm³/mol. The van der Waals surface area contributed by atoms with E-state index in [1.54, 1.807) is 27.6 Å². The van der Waals surface area contributed by atoms with E-state index in [2.05, 4.69) is 17.1 Å². The Kier molecular flexibility index (Phi) is 4.77. The largest absolute Gasteiger partial charge is 0.318 e. The number of aryl methyl sites for hydroxylation is 3. The third-order valence-corrected chi connectivity index (χ3v) is 4.85. The van der Waals surface area contributed by atoms with Crippen LogP contribution in [-0.2, 0) is 19.9 Å². The summed E-state index contributed by atoms with van der Waals surface area (Å²) in [6, 6.07) is 17.5. The molecule has 2 aromatic carbocycles. The SMILES string of the molecule is Cn1cnc2c(=O)n(-c3ccc(Cl)cc3)c(CCCc3ccccc3)nc21. The van der Waals surface area contributed by atoms with Gasteiger partial charge in [-0.25, -0.2) is 9.97 Å². The zero-order chi connectivity index (χ0) is 18.8. The fourth-order valence-electron chi connectivity index (χ4n) is 3.22. The molecule has 0 N–H and O–H groups in total. The summed E-state index contributed by atoms with van der Waals surface area (Å²) < 4.78 is 3.43. The molecule has 0 saturated carbocycles. The van der Waals surface area contributed by atoms with Gasteiger partial charge in [0.1, 0.15) is 5.82 Å². The lowest BCUT2D eigenvalue weighted by atomic mass is 10.1. The Hall–Kier alpha value is -2.92. The average molecular weight is 379 g/mol. The molecule has 0 spiro atoms. The summed E-state index contributed by atoms with van der Waals surface area (Å²) in [6.07, 6.45) is 4.14. The van der Waals surface area contributed by atoms with Crippen LogP contribution in [0.3, 0.4) is 0 Å². The second-order valence-electron chi connectivity index (χ2n) is 6.51. The van der Waals surface area contributed by atoms with E-state index in [0.29, 0.717) is 22.6 Å². The first kappa shape index (κ1) is 17.5. The van der Waals surface area contributed by atoms with Gasteiger partial charge < -0.3 is 4.57 Å². The molecule has 0 aliphatic rings. The van der Waals surface area contributed by atoms with Gasteiger partial charge in [0.05, 0.1) is 12.0 Å². The van der Waals surface area contributed by atoms with Crippen molar-refractivity contribution < 1.29 is 0 Å². The average Bonchev–Trinajstić information content (AvgIpc) is 3.05. The van der Waals surface area contributed by atoms with Crippen LogP contribution >= 0.6 is 11.6 Å². The maximum Gasteiger partial charge on any atom is 0.286 e. The number of nitrogens with zero attached hydrogens (tertiary/aromatic N) is 4. The molecule has 0 amide bonds. The molecule has 2 aromatic heterocycles. The quantitative estimate of drug-likeness (QED) is 0.528. The smallest absolute Gasteiger partial charge is 0.286 e. The van der Waals surface area contributed by atoms with E-state index in [-0.39, 0.29) is 5.56 Å². The number of halogens is 1. The van der Waals surface area contributed by atoms with Crippen LogP contribution in [0.2, 0.25) is 5.02 Å². The molecular weight excluding hydrogens is 360 g/mol. The van der Waals surface area contributed by atoms with E-state index in [1.807, 2.05) is 37.4 Å². The Balaban J connectivity index is 1.74. The summed E-state index contributed by atoms with van der Waals surface area (Å²) in [5.74, 6) is 0.731. The minimum atomic E-state index is -0.155. The standard InChI is InChI=1S/C21H19ClN4O/c1-25-14-23-19-20(25)24-18(9-5-8-15-6-3-2-4-7-15)26(21(19)27)17-12-10-16(22)11-13-17/h2-4,6-7,10-14H,5,8-9H2,1H3. The van der Waals surface area contributed by atoms with E-state index in [0.717, 1.165) is 24.4 Å². The molecule has 0 aliphatic carbocycles. The topological polar surface area (TPSA) is 52.7 Å². The number of hydrogen-bond donors (Lipinski definition) is 0. The molecule has 2 heterocycles. The number of aromatic nitrogens is 4. The molecular formula is C21H19ClN4O. The molecule has 0 fully saturated rings. The van der Waals surface area contributed by atoms with Gasteiger partial charge in [0.2, 0.25) is 0 Å². The van der Waals surface area contributed by atoms with Gasteiger partial charge in [0.25, 0.3) is 5.56 Å². The fourth-order valence-corrected chi connectivity index (χ4v) is 3.35. The van der Waals surface area contributed by atoms with Crippen molar-refractivity contribution >= 4 is 22.8 Å². The van der Waals surface area contributed by atoms with Crippen molar-refractivity contribution in [1.29, 1.82) is 0 Å². The molecule has 0 radical (unpaired) electrons. The maximum atomic E-state index is 13.1. The highest BCUT2D eigenvalue weighted by atomic mass is 35.5. The fraction of sp³-hybridized carbons (Fsp3) is 0.190. The Bertz CT molecular complexity index is 1130. The molecule has 5 nitrogen and oxygen atoms in total. The first-order valence-electron chi connectivity index (χ1n) is 8.86. The van der Waals surface area contributed by atoms with Crippen molar-refractivity contribution in [2.75, 3.05) is 0 Å². The molecule has 0 atom stereocenters. The lowest BCUT2D eigenvalue weighted by molar-refractivity contribution is 0.729. The van der Waals surface area contributed by atoms with Crippen molar-refractivity contribution in [3.05, 3.63) is 87.7 Å². The van der Waals surface area contributed by atoms with Gasteiger partial charge in [-0.2, -0.15) is 0 Å². The van der Waals surface area contributed by atoms with Crippen molar-refractivity contribution in [2.45, 2.75) is 19.3 Å². The van der Waals surface area contributed by atoms with Crippen molar-refractivity contribution in [3.8, 4) is 5.69 Å². The molecule has 0 unspecified atom stereocenters. The predicted octanol–water partition coefficient (Wildman–Crippen LogP) is 3.95. The van der Waals surface area contributed by atoms with Crippen molar-refractivity contribution in [3.63, 3.8) is 0 Å². The summed E-state index contributed by atoms with van der Waals surface area (Å²) >= 11 is 6.01. The molecule has 6 heteroatoms. The molecule has 0 bridgehead atoms. The number of imidazole rings is 1. The Morgan fingerprint density at radius 3 is 2.48 bits per heavy atom. The van der Waals surface area contributed by atoms with Crippen molar-refractivity contribution in [2.24, 2.45) is 7.05 Å². The number of rotatable bonds is 5. The van der Waals surface area contributed by atoms with Crippen LogP contribution in [0.5, 0.6) is 0 Å². The van der Waals surface area contributed by atoms with E-state index in [1.165, 1.54) is 5.56 Å². The first-order chi connectivity index (χ1) is 13.1. The Morgan fingerprint density at radius 2 is 1.74 bits per heavy atom. The molecule has 136 valence electrons. The zero-order valence-corrected chi connectivity index (χ0v) is 15.7. The maximum absolute atomic E-state index is 13.1. The highest BCUT2D eigenvalue weighted by Gasteiger charge is 2.15. The van der Waals surface area contributed by atoms with Crippen LogP contribution in [0.4, 0.5) is 0 Å². The van der Waals surface area contributed by atoms with E-state index >= 15 is 0 Å². The summed E-state index contributed by atoms with van der Waals surface area (Å²) in [5.41, 5.74) is 2.86.